The zero-order chi connectivity index (χ0) is 12.7. The number of rotatable bonds is 3. The first-order valence-electron chi connectivity index (χ1n) is 5.80. The zero-order valence-electron chi connectivity index (χ0n) is 9.61. The van der Waals surface area contributed by atoms with E-state index in [1.807, 2.05) is 4.57 Å². The van der Waals surface area contributed by atoms with Crippen molar-refractivity contribution in [3.63, 3.8) is 0 Å². The van der Waals surface area contributed by atoms with Crippen molar-refractivity contribution in [2.75, 3.05) is 0 Å². The summed E-state index contributed by atoms with van der Waals surface area (Å²) >= 11 is 6.06. The second-order valence-corrected chi connectivity index (χ2v) is 4.75. The summed E-state index contributed by atoms with van der Waals surface area (Å²) in [5.74, 6) is 0.758. The molecule has 4 nitrogen and oxygen atoms in total. The van der Waals surface area contributed by atoms with Crippen LogP contribution < -0.4 is 5.73 Å². The van der Waals surface area contributed by atoms with E-state index < -0.39 is 0 Å². The van der Waals surface area contributed by atoms with Crippen LogP contribution in [0.15, 0.2) is 18.2 Å². The van der Waals surface area contributed by atoms with E-state index in [1.165, 1.54) is 6.07 Å². The largest absolute Gasteiger partial charge is 0.324 e. The number of nitrogens with zero attached hydrogens (tertiary/aromatic N) is 3. The van der Waals surface area contributed by atoms with Gasteiger partial charge in [0.05, 0.1) is 17.1 Å². The SMILES string of the molecule is NCc1nnc(-c2c(F)cccc2Cl)n1C1CC1. The van der Waals surface area contributed by atoms with Gasteiger partial charge < -0.3 is 10.3 Å². The normalized spacial score (nSPS) is 15.1. The Morgan fingerprint density at radius 3 is 2.78 bits per heavy atom. The molecular weight excluding hydrogens is 255 g/mol. The second-order valence-electron chi connectivity index (χ2n) is 4.34. The highest BCUT2D eigenvalue weighted by molar-refractivity contribution is 6.33. The van der Waals surface area contributed by atoms with Gasteiger partial charge in [0.1, 0.15) is 11.6 Å². The average Bonchev–Trinajstić information content (AvgIpc) is 3.10. The Morgan fingerprint density at radius 2 is 2.17 bits per heavy atom. The monoisotopic (exact) mass is 266 g/mol. The fraction of sp³-hybridized carbons (Fsp3) is 0.333. The summed E-state index contributed by atoms with van der Waals surface area (Å²) in [4.78, 5) is 0. The molecule has 94 valence electrons. The molecule has 3 rings (SSSR count). The van der Waals surface area contributed by atoms with Crippen LogP contribution in [0.25, 0.3) is 11.4 Å². The van der Waals surface area contributed by atoms with Crippen LogP contribution in [0.3, 0.4) is 0 Å². The molecule has 1 aliphatic carbocycles. The molecule has 1 aromatic heterocycles. The maximum atomic E-state index is 13.9. The van der Waals surface area contributed by atoms with Crippen LogP contribution in [0.1, 0.15) is 24.7 Å². The maximum absolute atomic E-state index is 13.9. The lowest BCUT2D eigenvalue weighted by Crippen LogP contribution is -2.08. The van der Waals surface area contributed by atoms with Gasteiger partial charge in [-0.05, 0) is 25.0 Å². The molecule has 0 bridgehead atoms. The molecule has 18 heavy (non-hydrogen) atoms. The summed E-state index contributed by atoms with van der Waals surface area (Å²) < 4.78 is 15.8. The van der Waals surface area contributed by atoms with Gasteiger partial charge in [0.25, 0.3) is 0 Å². The lowest BCUT2D eigenvalue weighted by molar-refractivity contribution is 0.624. The molecule has 1 heterocycles. The van der Waals surface area contributed by atoms with E-state index >= 15 is 0 Å². The number of nitrogens with two attached hydrogens (primary N) is 1. The maximum Gasteiger partial charge on any atom is 0.168 e. The average molecular weight is 267 g/mol. The minimum atomic E-state index is -0.389. The molecule has 1 aliphatic rings. The second kappa shape index (κ2) is 4.33. The van der Waals surface area contributed by atoms with Crippen LogP contribution in [-0.2, 0) is 6.54 Å². The highest BCUT2D eigenvalue weighted by atomic mass is 35.5. The van der Waals surface area contributed by atoms with E-state index in [4.69, 9.17) is 17.3 Å². The number of aromatic nitrogens is 3. The van der Waals surface area contributed by atoms with E-state index in [0.717, 1.165) is 12.8 Å². The Bertz CT molecular complexity index is 572. The van der Waals surface area contributed by atoms with Crippen molar-refractivity contribution in [2.24, 2.45) is 5.73 Å². The van der Waals surface area contributed by atoms with Crippen LogP contribution in [0.2, 0.25) is 5.02 Å². The van der Waals surface area contributed by atoms with Gasteiger partial charge in [-0.2, -0.15) is 0 Å². The van der Waals surface area contributed by atoms with Crippen molar-refractivity contribution >= 4 is 11.6 Å². The van der Waals surface area contributed by atoms with Crippen molar-refractivity contribution in [1.82, 2.24) is 14.8 Å². The standard InChI is InChI=1S/C12H12ClFN4/c13-8-2-1-3-9(14)11(8)12-17-16-10(6-15)18(12)7-4-5-7/h1-3,7H,4-6,15H2. The molecule has 1 fully saturated rings. The smallest absolute Gasteiger partial charge is 0.168 e. The van der Waals surface area contributed by atoms with Gasteiger partial charge in [0, 0.05) is 6.04 Å². The van der Waals surface area contributed by atoms with Gasteiger partial charge in [0.2, 0.25) is 0 Å². The van der Waals surface area contributed by atoms with Crippen LogP contribution in [0, 0.1) is 5.82 Å². The summed E-state index contributed by atoms with van der Waals surface area (Å²) in [5, 5.41) is 8.41. The molecule has 1 saturated carbocycles. The minimum absolute atomic E-state index is 0.287. The molecule has 1 aromatic carbocycles. The quantitative estimate of drug-likeness (QED) is 0.929. The van der Waals surface area contributed by atoms with Crippen molar-refractivity contribution in [3.8, 4) is 11.4 Å². The molecule has 6 heteroatoms. The summed E-state index contributed by atoms with van der Waals surface area (Å²) in [7, 11) is 0. The van der Waals surface area contributed by atoms with E-state index in [9.17, 15) is 4.39 Å². The Kier molecular flexibility index (Phi) is 2.80. The van der Waals surface area contributed by atoms with Crippen LogP contribution in [0.5, 0.6) is 0 Å². The van der Waals surface area contributed by atoms with Gasteiger partial charge in [0.15, 0.2) is 5.82 Å². The fourth-order valence-electron chi connectivity index (χ4n) is 2.06. The Morgan fingerprint density at radius 1 is 1.39 bits per heavy atom. The minimum Gasteiger partial charge on any atom is -0.324 e. The van der Waals surface area contributed by atoms with Crippen molar-refractivity contribution in [2.45, 2.75) is 25.4 Å². The summed E-state index contributed by atoms with van der Waals surface area (Å²) in [6.45, 7) is 0.287. The van der Waals surface area contributed by atoms with Gasteiger partial charge >= 0.3 is 0 Å². The van der Waals surface area contributed by atoms with Crippen molar-refractivity contribution in [1.29, 1.82) is 0 Å². The van der Waals surface area contributed by atoms with Gasteiger partial charge in [-0.1, -0.05) is 17.7 Å². The molecule has 2 N–H and O–H groups in total. The molecule has 0 saturated heterocycles. The molecule has 0 atom stereocenters. The Hall–Kier alpha value is -1.46. The predicted octanol–water partition coefficient (Wildman–Crippen LogP) is 2.53. The molecule has 2 aromatic rings. The first kappa shape index (κ1) is 11.6. The van der Waals surface area contributed by atoms with E-state index in [2.05, 4.69) is 10.2 Å². The van der Waals surface area contributed by atoms with Crippen LogP contribution in [0.4, 0.5) is 4.39 Å². The highest BCUT2D eigenvalue weighted by Crippen LogP contribution is 2.40. The number of halogens is 2. The van der Waals surface area contributed by atoms with Crippen molar-refractivity contribution in [3.05, 3.63) is 34.9 Å². The first-order chi connectivity index (χ1) is 8.72. The first-order valence-corrected chi connectivity index (χ1v) is 6.18. The Labute approximate surface area is 109 Å². The lowest BCUT2D eigenvalue weighted by Gasteiger charge is -2.09. The number of benzene rings is 1. The predicted molar refractivity (Wildman–Crippen MR) is 66.6 cm³/mol. The van der Waals surface area contributed by atoms with E-state index in [1.54, 1.807) is 12.1 Å². The summed E-state index contributed by atoms with van der Waals surface area (Å²) in [6.07, 6.45) is 2.09. The third kappa shape index (κ3) is 1.79. The summed E-state index contributed by atoms with van der Waals surface area (Å²) in [6, 6.07) is 4.91. The third-order valence-electron chi connectivity index (χ3n) is 3.05. The molecule has 0 amide bonds. The molecule has 0 aliphatic heterocycles. The topological polar surface area (TPSA) is 56.7 Å². The Balaban J connectivity index is 2.20. The molecule has 0 radical (unpaired) electrons. The number of hydrogen-bond acceptors (Lipinski definition) is 3. The van der Waals surface area contributed by atoms with Gasteiger partial charge in [-0.25, -0.2) is 4.39 Å². The molecular formula is C12H12ClFN4. The number of hydrogen-bond donors (Lipinski definition) is 1. The fourth-order valence-corrected chi connectivity index (χ4v) is 2.31. The highest BCUT2D eigenvalue weighted by Gasteiger charge is 2.30. The van der Waals surface area contributed by atoms with E-state index in [-0.39, 0.29) is 12.4 Å². The van der Waals surface area contributed by atoms with Crippen molar-refractivity contribution < 1.29 is 4.39 Å². The summed E-state index contributed by atoms with van der Waals surface area (Å²) in [5.41, 5.74) is 5.94. The van der Waals surface area contributed by atoms with E-state index in [0.29, 0.717) is 28.3 Å². The zero-order valence-corrected chi connectivity index (χ0v) is 10.4. The van der Waals surface area contributed by atoms with Gasteiger partial charge in [-0.15, -0.1) is 10.2 Å². The van der Waals surface area contributed by atoms with Crippen LogP contribution >= 0.6 is 11.6 Å². The lowest BCUT2D eigenvalue weighted by atomic mass is 10.2. The van der Waals surface area contributed by atoms with Gasteiger partial charge in [-0.3, -0.25) is 0 Å². The third-order valence-corrected chi connectivity index (χ3v) is 3.36. The molecule has 0 unspecified atom stereocenters. The molecule has 0 spiro atoms. The van der Waals surface area contributed by atoms with Crippen LogP contribution in [-0.4, -0.2) is 14.8 Å².